The van der Waals surface area contributed by atoms with Crippen molar-refractivity contribution < 1.29 is 8.78 Å². The van der Waals surface area contributed by atoms with Gasteiger partial charge in [0.05, 0.1) is 11.2 Å². The number of nitrogens with two attached hydrogens (primary N) is 1. The minimum atomic E-state index is -0.405. The molecule has 0 atom stereocenters. The maximum Gasteiger partial charge on any atom is 0.158 e. The first-order valence-corrected chi connectivity index (χ1v) is 13.7. The van der Waals surface area contributed by atoms with E-state index < -0.39 is 5.83 Å². The van der Waals surface area contributed by atoms with Crippen molar-refractivity contribution in [1.29, 1.82) is 0 Å². The average Bonchev–Trinajstić information content (AvgIpc) is 2.88. The van der Waals surface area contributed by atoms with E-state index in [4.69, 9.17) is 5.73 Å². The Kier molecular flexibility index (Phi) is 14.2. The number of nitrogens with one attached hydrogen (secondary N) is 2. The second kappa shape index (κ2) is 17.4. The third-order valence-electron chi connectivity index (χ3n) is 5.50. The van der Waals surface area contributed by atoms with Crippen molar-refractivity contribution in [3.05, 3.63) is 69.6 Å². The zero-order chi connectivity index (χ0) is 26.9. The van der Waals surface area contributed by atoms with Crippen LogP contribution in [0.2, 0.25) is 0 Å². The minimum Gasteiger partial charge on any atom is -0.394 e. The standard InChI is InChI=1S/C27H39F2N7S/c1-4-6-7-8-9-10-16-32-33-19-24-27(31-18-20(3)37-25(30)5-2)34-26(36-35-24)17-21-14-15-22(28)12-11-13-23(21)29/h5,13-15,19,32H,3-4,6-12,16-18,30H2,1-2H3,(H,31,34,36)/b21-14-,22-15+,23-13+,25-5-,33-19-. The van der Waals surface area contributed by atoms with Crippen LogP contribution in [0.15, 0.2) is 63.1 Å². The maximum absolute atomic E-state index is 14.5. The fraction of sp³-hybridized carbons (Fsp3) is 0.481. The summed E-state index contributed by atoms with van der Waals surface area (Å²) in [5.74, 6) is 0.0423. The molecule has 1 heterocycles. The van der Waals surface area contributed by atoms with Crippen molar-refractivity contribution in [2.75, 3.05) is 18.4 Å². The van der Waals surface area contributed by atoms with E-state index in [0.717, 1.165) is 17.9 Å². The Balaban J connectivity index is 2.10. The maximum atomic E-state index is 14.5. The zero-order valence-electron chi connectivity index (χ0n) is 21.9. The molecule has 0 saturated heterocycles. The van der Waals surface area contributed by atoms with Gasteiger partial charge in [-0.2, -0.15) is 5.10 Å². The van der Waals surface area contributed by atoms with Crippen LogP contribution in [0, 0.1) is 0 Å². The van der Waals surface area contributed by atoms with Gasteiger partial charge < -0.3 is 16.5 Å². The molecule has 202 valence electrons. The predicted octanol–water partition coefficient (Wildman–Crippen LogP) is 6.60. The number of nitrogens with zero attached hydrogens (tertiary/aromatic N) is 4. The van der Waals surface area contributed by atoms with Gasteiger partial charge in [0.1, 0.15) is 17.3 Å². The molecule has 0 spiro atoms. The van der Waals surface area contributed by atoms with E-state index in [1.165, 1.54) is 62.1 Å². The van der Waals surface area contributed by atoms with Crippen LogP contribution in [-0.4, -0.2) is 34.5 Å². The summed E-state index contributed by atoms with van der Waals surface area (Å²) in [5.41, 5.74) is 9.65. The molecule has 4 N–H and O–H groups in total. The molecule has 7 nitrogen and oxygen atoms in total. The number of aromatic nitrogens is 3. The van der Waals surface area contributed by atoms with Crippen LogP contribution in [0.1, 0.15) is 76.7 Å². The number of hydrogen-bond donors (Lipinski definition) is 3. The first-order chi connectivity index (χ1) is 17.9. The average molecular weight is 532 g/mol. The fourth-order valence-electron chi connectivity index (χ4n) is 3.39. The number of thioether (sulfide) groups is 1. The first kappa shape index (κ1) is 30.2. The van der Waals surface area contributed by atoms with E-state index in [1.54, 1.807) is 12.3 Å². The number of hydrogen-bond acceptors (Lipinski definition) is 8. The monoisotopic (exact) mass is 531 g/mol. The summed E-state index contributed by atoms with van der Waals surface area (Å²) in [6.07, 6.45) is 15.3. The quantitative estimate of drug-likeness (QED) is 0.125. The number of rotatable bonds is 16. The highest BCUT2D eigenvalue weighted by Crippen LogP contribution is 2.23. The number of hydrazone groups is 1. The highest BCUT2D eigenvalue weighted by atomic mass is 32.2. The summed E-state index contributed by atoms with van der Waals surface area (Å²) >= 11 is 1.36. The van der Waals surface area contributed by atoms with Crippen LogP contribution in [0.3, 0.4) is 0 Å². The highest BCUT2D eigenvalue weighted by Gasteiger charge is 2.14. The molecule has 1 aliphatic rings. The number of unbranched alkanes of at least 4 members (excludes halogenated alkanes) is 5. The summed E-state index contributed by atoms with van der Waals surface area (Å²) in [6, 6.07) is 0. The third-order valence-corrected chi connectivity index (χ3v) is 6.41. The van der Waals surface area contributed by atoms with Crippen LogP contribution in [0.25, 0.3) is 0 Å². The lowest BCUT2D eigenvalue weighted by Gasteiger charge is -2.12. The molecule has 37 heavy (non-hydrogen) atoms. The van der Waals surface area contributed by atoms with Crippen molar-refractivity contribution in [2.24, 2.45) is 10.8 Å². The normalized spacial score (nSPS) is 18.7. The number of anilines is 1. The first-order valence-electron chi connectivity index (χ1n) is 12.8. The summed E-state index contributed by atoms with van der Waals surface area (Å²) in [5, 5.41) is 16.5. The Labute approximate surface area is 223 Å². The van der Waals surface area contributed by atoms with Gasteiger partial charge in [0.15, 0.2) is 11.6 Å². The fourth-order valence-corrected chi connectivity index (χ4v) is 3.99. The summed E-state index contributed by atoms with van der Waals surface area (Å²) in [6.45, 7) is 9.24. The third kappa shape index (κ3) is 12.2. The number of halogens is 2. The van der Waals surface area contributed by atoms with Gasteiger partial charge in [0.2, 0.25) is 0 Å². The van der Waals surface area contributed by atoms with Gasteiger partial charge in [-0.1, -0.05) is 69.5 Å². The van der Waals surface area contributed by atoms with Gasteiger partial charge in [-0.3, -0.25) is 0 Å². The van der Waals surface area contributed by atoms with Gasteiger partial charge >= 0.3 is 0 Å². The van der Waals surface area contributed by atoms with Crippen LogP contribution in [0.4, 0.5) is 14.6 Å². The molecule has 0 unspecified atom stereocenters. The second-order valence-electron chi connectivity index (χ2n) is 8.65. The lowest BCUT2D eigenvalue weighted by Crippen LogP contribution is -2.14. The van der Waals surface area contributed by atoms with Crippen molar-refractivity contribution in [3.63, 3.8) is 0 Å². The zero-order valence-corrected chi connectivity index (χ0v) is 22.7. The molecular formula is C27H39F2N7S. The summed E-state index contributed by atoms with van der Waals surface area (Å²) in [7, 11) is 0. The van der Waals surface area contributed by atoms with Gasteiger partial charge in [-0.25, -0.2) is 13.8 Å². The predicted molar refractivity (Wildman–Crippen MR) is 151 cm³/mol. The number of allylic oxidation sites excluding steroid dienone is 7. The minimum absolute atomic E-state index is 0.0721. The van der Waals surface area contributed by atoms with Crippen LogP contribution >= 0.6 is 11.8 Å². The molecule has 1 aliphatic carbocycles. The van der Waals surface area contributed by atoms with Gasteiger partial charge in [0, 0.05) is 30.8 Å². The summed E-state index contributed by atoms with van der Waals surface area (Å²) < 4.78 is 28.2. The van der Waals surface area contributed by atoms with E-state index in [9.17, 15) is 8.78 Å². The smallest absolute Gasteiger partial charge is 0.158 e. The molecule has 0 bridgehead atoms. The molecule has 10 heteroatoms. The van der Waals surface area contributed by atoms with Crippen molar-refractivity contribution in [2.45, 2.75) is 71.6 Å². The molecule has 0 radical (unpaired) electrons. The highest BCUT2D eigenvalue weighted by molar-refractivity contribution is 8.06. The largest absolute Gasteiger partial charge is 0.394 e. The lowest BCUT2D eigenvalue weighted by atomic mass is 10.1. The van der Waals surface area contributed by atoms with E-state index in [2.05, 4.69) is 44.5 Å². The van der Waals surface area contributed by atoms with Crippen LogP contribution in [0.5, 0.6) is 0 Å². The summed E-state index contributed by atoms with van der Waals surface area (Å²) in [4.78, 5) is 5.34. The SMILES string of the molecule is C=C(CNc1nc(CC2=C/C=C(/F)CC/C=C\2F)nnc1/C=N\NCCCCCCCC)S/C(N)=C\C. The van der Waals surface area contributed by atoms with E-state index in [1.807, 2.05) is 6.92 Å². The Bertz CT molecular complexity index is 1030. The molecular weight excluding hydrogens is 492 g/mol. The van der Waals surface area contributed by atoms with Crippen molar-refractivity contribution in [1.82, 2.24) is 20.6 Å². The molecule has 0 aromatic carbocycles. The second-order valence-corrected chi connectivity index (χ2v) is 9.91. The van der Waals surface area contributed by atoms with E-state index in [-0.39, 0.29) is 18.7 Å². The van der Waals surface area contributed by atoms with Gasteiger partial charge in [-0.15, -0.1) is 10.2 Å². The Morgan fingerprint density at radius 1 is 1.19 bits per heavy atom. The molecule has 0 saturated carbocycles. The molecule has 0 fully saturated rings. The topological polar surface area (TPSA) is 101 Å². The van der Waals surface area contributed by atoms with Crippen molar-refractivity contribution in [3.8, 4) is 0 Å². The van der Waals surface area contributed by atoms with Crippen LogP contribution in [-0.2, 0) is 6.42 Å². The van der Waals surface area contributed by atoms with Crippen LogP contribution < -0.4 is 16.5 Å². The van der Waals surface area contributed by atoms with E-state index in [0.29, 0.717) is 40.9 Å². The molecule has 2 rings (SSSR count). The lowest BCUT2D eigenvalue weighted by molar-refractivity contribution is 0.580. The van der Waals surface area contributed by atoms with Gasteiger partial charge in [0.25, 0.3) is 0 Å². The molecule has 0 amide bonds. The van der Waals surface area contributed by atoms with E-state index >= 15 is 0 Å². The van der Waals surface area contributed by atoms with Gasteiger partial charge in [-0.05, 0) is 37.5 Å². The molecule has 1 aromatic rings. The molecule has 0 aliphatic heterocycles. The Morgan fingerprint density at radius 3 is 2.76 bits per heavy atom. The Hall–Kier alpha value is -3.01. The van der Waals surface area contributed by atoms with Crippen molar-refractivity contribution >= 4 is 23.8 Å². The Morgan fingerprint density at radius 2 is 1.97 bits per heavy atom. The molecule has 1 aromatic heterocycles.